The van der Waals surface area contributed by atoms with Crippen LogP contribution in [0.2, 0.25) is 10.0 Å². The van der Waals surface area contributed by atoms with Crippen molar-refractivity contribution in [2.75, 3.05) is 18.9 Å². The number of nitrogens with zero attached hydrogens (tertiary/aromatic N) is 2. The average molecular weight is 490 g/mol. The minimum atomic E-state index is -3.99. The van der Waals surface area contributed by atoms with Crippen LogP contribution in [0.3, 0.4) is 0 Å². The molecule has 0 atom stereocenters. The molecule has 0 aliphatic heterocycles. The number of hydrogen-bond acceptors (Lipinski definition) is 3. The molecule has 1 N–H and O–H groups in total. The molecule has 1 heterocycles. The predicted molar refractivity (Wildman–Crippen MR) is 130 cm³/mol. The van der Waals surface area contributed by atoms with Crippen molar-refractivity contribution in [3.05, 3.63) is 70.7 Å². The van der Waals surface area contributed by atoms with E-state index in [9.17, 15) is 13.2 Å². The minimum absolute atomic E-state index is 0.0411. The molecule has 0 saturated heterocycles. The molecule has 0 bridgehead atoms. The van der Waals surface area contributed by atoms with Crippen LogP contribution < -0.4 is 5.32 Å². The second-order valence-electron chi connectivity index (χ2n) is 7.38. The predicted octanol–water partition coefficient (Wildman–Crippen LogP) is 5.38. The number of hydrogen-bond donors (Lipinski definition) is 1. The number of aromatic nitrogens is 1. The molecule has 1 amide bonds. The van der Waals surface area contributed by atoms with Gasteiger partial charge in [0.2, 0.25) is 15.9 Å². The lowest BCUT2D eigenvalue weighted by atomic mass is 10.1. The molecule has 0 fully saturated rings. The lowest BCUT2D eigenvalue weighted by molar-refractivity contribution is -0.116. The summed E-state index contributed by atoms with van der Waals surface area (Å²) < 4.78 is 28.9. The standard InChI is InChI=1S/C23H21Cl2N3O3S/c1-3-28-20-7-5-4-6-17(20)18-13-16(9-11-21(18)28)26-23(29)14-27(2)32(30,31)22-12-15(24)8-10-19(22)25/h4-13H,3,14H2,1-2H3,(H,26,29). The average Bonchev–Trinajstić information content (AvgIpc) is 3.08. The van der Waals surface area contributed by atoms with E-state index in [4.69, 9.17) is 23.2 Å². The van der Waals surface area contributed by atoms with Crippen molar-refractivity contribution >= 4 is 66.6 Å². The van der Waals surface area contributed by atoms with E-state index in [-0.39, 0.29) is 21.5 Å². The topological polar surface area (TPSA) is 71.4 Å². The fraction of sp³-hybridized carbons (Fsp3) is 0.174. The van der Waals surface area contributed by atoms with E-state index in [0.29, 0.717) is 5.69 Å². The Morgan fingerprint density at radius 2 is 1.72 bits per heavy atom. The molecule has 4 rings (SSSR count). The Bertz CT molecular complexity index is 1450. The minimum Gasteiger partial charge on any atom is -0.341 e. The molecule has 3 aromatic carbocycles. The van der Waals surface area contributed by atoms with Crippen molar-refractivity contribution in [1.29, 1.82) is 0 Å². The van der Waals surface area contributed by atoms with Gasteiger partial charge in [-0.25, -0.2) is 8.42 Å². The fourth-order valence-corrected chi connectivity index (χ4v) is 5.66. The molecule has 0 saturated carbocycles. The van der Waals surface area contributed by atoms with Gasteiger partial charge in [0.05, 0.1) is 11.6 Å². The number of anilines is 1. The zero-order chi connectivity index (χ0) is 23.0. The first-order valence-electron chi connectivity index (χ1n) is 9.94. The molecular weight excluding hydrogens is 469 g/mol. The number of benzene rings is 3. The highest BCUT2D eigenvalue weighted by Gasteiger charge is 2.26. The summed E-state index contributed by atoms with van der Waals surface area (Å²) in [5.74, 6) is -0.465. The molecule has 32 heavy (non-hydrogen) atoms. The second-order valence-corrected chi connectivity index (χ2v) is 10.2. The summed E-state index contributed by atoms with van der Waals surface area (Å²) >= 11 is 12.0. The Kier molecular flexibility index (Phi) is 6.18. The monoisotopic (exact) mass is 489 g/mol. The van der Waals surface area contributed by atoms with Gasteiger partial charge in [-0.3, -0.25) is 4.79 Å². The highest BCUT2D eigenvalue weighted by Crippen LogP contribution is 2.31. The van der Waals surface area contributed by atoms with Gasteiger partial charge in [-0.05, 0) is 49.4 Å². The maximum atomic E-state index is 12.9. The number of likely N-dealkylation sites (N-methyl/N-ethyl adjacent to an activating group) is 1. The van der Waals surface area contributed by atoms with Crippen molar-refractivity contribution in [2.24, 2.45) is 0 Å². The maximum absolute atomic E-state index is 12.9. The maximum Gasteiger partial charge on any atom is 0.244 e. The van der Waals surface area contributed by atoms with Gasteiger partial charge in [0, 0.05) is 46.1 Å². The number of carbonyl (C=O) groups excluding carboxylic acids is 1. The molecule has 6 nitrogen and oxygen atoms in total. The normalized spacial score (nSPS) is 12.0. The van der Waals surface area contributed by atoms with E-state index < -0.39 is 15.9 Å². The summed E-state index contributed by atoms with van der Waals surface area (Å²) in [4.78, 5) is 12.5. The van der Waals surface area contributed by atoms with Gasteiger partial charge in [0.1, 0.15) is 4.90 Å². The van der Waals surface area contributed by atoms with Gasteiger partial charge in [0.15, 0.2) is 0 Å². The third-order valence-electron chi connectivity index (χ3n) is 5.32. The lowest BCUT2D eigenvalue weighted by Crippen LogP contribution is -2.35. The molecule has 1 aromatic heterocycles. The molecule has 9 heteroatoms. The van der Waals surface area contributed by atoms with Gasteiger partial charge in [0.25, 0.3) is 0 Å². The Morgan fingerprint density at radius 1 is 1.00 bits per heavy atom. The molecule has 0 unspecified atom stereocenters. The van der Waals surface area contributed by atoms with Crippen molar-refractivity contribution in [3.8, 4) is 0 Å². The number of amides is 1. The first kappa shape index (κ1) is 22.6. The number of fused-ring (bicyclic) bond motifs is 3. The van der Waals surface area contributed by atoms with E-state index in [2.05, 4.69) is 22.9 Å². The van der Waals surface area contributed by atoms with Crippen LogP contribution in [0.1, 0.15) is 6.92 Å². The van der Waals surface area contributed by atoms with Crippen LogP contribution in [0.15, 0.2) is 65.6 Å². The number of nitrogens with one attached hydrogen (secondary N) is 1. The molecule has 0 aliphatic rings. The van der Waals surface area contributed by atoms with Gasteiger partial charge in [-0.1, -0.05) is 41.4 Å². The highest BCUT2D eigenvalue weighted by atomic mass is 35.5. The summed E-state index contributed by atoms with van der Waals surface area (Å²) in [6.07, 6.45) is 0. The van der Waals surface area contributed by atoms with Crippen molar-refractivity contribution < 1.29 is 13.2 Å². The zero-order valence-electron chi connectivity index (χ0n) is 17.5. The summed E-state index contributed by atoms with van der Waals surface area (Å²) in [6, 6.07) is 18.0. The molecule has 0 aliphatic carbocycles. The van der Waals surface area contributed by atoms with Crippen LogP contribution in [0.25, 0.3) is 21.8 Å². The van der Waals surface area contributed by atoms with E-state index >= 15 is 0 Å². The van der Waals surface area contributed by atoms with Gasteiger partial charge >= 0.3 is 0 Å². The highest BCUT2D eigenvalue weighted by molar-refractivity contribution is 7.89. The van der Waals surface area contributed by atoms with E-state index in [1.807, 2.05) is 36.4 Å². The Balaban J connectivity index is 1.57. The number of rotatable bonds is 6. The van der Waals surface area contributed by atoms with Crippen LogP contribution in [0.4, 0.5) is 5.69 Å². The Hall–Kier alpha value is -2.58. The Morgan fingerprint density at radius 3 is 2.47 bits per heavy atom. The number of halogens is 2. The summed E-state index contributed by atoms with van der Waals surface area (Å²) in [5, 5.41) is 5.19. The summed E-state index contributed by atoms with van der Waals surface area (Å²) in [5.41, 5.74) is 2.78. The van der Waals surface area contributed by atoms with Crippen molar-refractivity contribution in [1.82, 2.24) is 8.87 Å². The first-order chi connectivity index (χ1) is 15.2. The number of carbonyl (C=O) groups is 1. The van der Waals surface area contributed by atoms with Crippen LogP contribution in [0.5, 0.6) is 0 Å². The molecule has 0 spiro atoms. The largest absolute Gasteiger partial charge is 0.341 e. The van der Waals surface area contributed by atoms with Crippen molar-refractivity contribution in [3.63, 3.8) is 0 Å². The van der Waals surface area contributed by atoms with Gasteiger partial charge in [-0.15, -0.1) is 0 Å². The Labute approximate surface area is 196 Å². The third kappa shape index (κ3) is 4.09. The molecule has 4 aromatic rings. The van der Waals surface area contributed by atoms with Gasteiger partial charge < -0.3 is 9.88 Å². The van der Waals surface area contributed by atoms with Gasteiger partial charge in [-0.2, -0.15) is 4.31 Å². The first-order valence-corrected chi connectivity index (χ1v) is 12.1. The molecular formula is C23H21Cl2N3O3S. The van der Waals surface area contributed by atoms with E-state index in [1.165, 1.54) is 25.2 Å². The summed E-state index contributed by atoms with van der Waals surface area (Å²) in [6.45, 7) is 2.54. The number of aryl methyl sites for hydroxylation is 1. The molecule has 166 valence electrons. The van der Waals surface area contributed by atoms with Crippen molar-refractivity contribution in [2.45, 2.75) is 18.4 Å². The van der Waals surface area contributed by atoms with Crippen LogP contribution in [0, 0.1) is 0 Å². The third-order valence-corrected chi connectivity index (χ3v) is 7.84. The SMILES string of the molecule is CCn1c2ccccc2c2cc(NC(=O)CN(C)S(=O)(=O)c3cc(Cl)ccc3Cl)ccc21. The van der Waals surface area contributed by atoms with E-state index in [1.54, 1.807) is 0 Å². The fourth-order valence-electron chi connectivity index (χ4n) is 3.80. The number of para-hydroxylation sites is 1. The lowest BCUT2D eigenvalue weighted by Gasteiger charge is -2.18. The molecule has 0 radical (unpaired) electrons. The van der Waals surface area contributed by atoms with Crippen LogP contribution in [-0.2, 0) is 21.4 Å². The summed E-state index contributed by atoms with van der Waals surface area (Å²) in [7, 11) is -2.67. The van der Waals surface area contributed by atoms with E-state index in [0.717, 1.165) is 32.7 Å². The zero-order valence-corrected chi connectivity index (χ0v) is 19.8. The number of sulfonamides is 1. The smallest absolute Gasteiger partial charge is 0.244 e. The van der Waals surface area contributed by atoms with Crippen LogP contribution in [-0.4, -0.2) is 36.8 Å². The second kappa shape index (κ2) is 8.75. The van der Waals surface area contributed by atoms with Crippen LogP contribution >= 0.6 is 23.2 Å². The quantitative estimate of drug-likeness (QED) is 0.395.